The molecule has 1 aromatic heterocycles. The van der Waals surface area contributed by atoms with E-state index in [1.165, 1.54) is 17.7 Å². The lowest BCUT2D eigenvalue weighted by molar-refractivity contribution is -0.120. The maximum atomic E-state index is 11.6. The zero-order chi connectivity index (χ0) is 15.4. The van der Waals surface area contributed by atoms with Crippen LogP contribution in [-0.2, 0) is 4.79 Å². The molecule has 0 radical (unpaired) electrons. The Balaban J connectivity index is 2.31. The molecule has 1 aromatic rings. The van der Waals surface area contributed by atoms with Gasteiger partial charge in [-0.2, -0.15) is 0 Å². The van der Waals surface area contributed by atoms with Gasteiger partial charge in [-0.1, -0.05) is 19.8 Å². The molecule has 6 heteroatoms. The molecule has 4 N–H and O–H groups in total. The molecule has 1 aliphatic rings. The highest BCUT2D eigenvalue weighted by Gasteiger charge is 2.34. The van der Waals surface area contributed by atoms with Gasteiger partial charge in [-0.25, -0.2) is 0 Å². The van der Waals surface area contributed by atoms with Crippen molar-refractivity contribution in [2.24, 2.45) is 11.5 Å². The van der Waals surface area contributed by atoms with Crippen LogP contribution in [0.4, 0.5) is 0 Å². The van der Waals surface area contributed by atoms with E-state index in [1.807, 2.05) is 6.07 Å². The molecule has 1 aliphatic carbocycles. The minimum absolute atomic E-state index is 0.00972. The number of carbonyl (C=O) groups is 1. The average Bonchev–Trinajstić information content (AvgIpc) is 3.09. The van der Waals surface area contributed by atoms with E-state index in [1.54, 1.807) is 11.3 Å². The van der Waals surface area contributed by atoms with Gasteiger partial charge >= 0.3 is 0 Å². The summed E-state index contributed by atoms with van der Waals surface area (Å²) in [5.74, 6) is -0.272. The smallest absolute Gasteiger partial charge is 0.231 e. The third-order valence-corrected chi connectivity index (χ3v) is 5.95. The Morgan fingerprint density at radius 3 is 2.62 bits per heavy atom. The van der Waals surface area contributed by atoms with Crippen LogP contribution in [0.25, 0.3) is 0 Å². The highest BCUT2D eigenvalue weighted by atomic mass is 79.9. The Morgan fingerprint density at radius 2 is 2.14 bits per heavy atom. The Bertz CT molecular complexity index is 473. The van der Waals surface area contributed by atoms with Gasteiger partial charge in [-0.15, -0.1) is 11.3 Å². The molecule has 2 unspecified atom stereocenters. The van der Waals surface area contributed by atoms with Crippen LogP contribution in [0.5, 0.6) is 0 Å². The van der Waals surface area contributed by atoms with Crippen molar-refractivity contribution in [3.63, 3.8) is 0 Å². The highest BCUT2D eigenvalue weighted by molar-refractivity contribution is 9.11. The van der Waals surface area contributed by atoms with Gasteiger partial charge in [-0.05, 0) is 47.3 Å². The first-order chi connectivity index (χ1) is 10.0. The summed E-state index contributed by atoms with van der Waals surface area (Å²) in [7, 11) is 0. The zero-order valence-corrected chi connectivity index (χ0v) is 14.8. The topological polar surface area (TPSA) is 72.3 Å². The van der Waals surface area contributed by atoms with Crippen LogP contribution in [0.1, 0.15) is 49.9 Å². The summed E-state index contributed by atoms with van der Waals surface area (Å²) in [5, 5.41) is 0. The molecule has 0 bridgehead atoms. The van der Waals surface area contributed by atoms with Gasteiger partial charge in [0.25, 0.3) is 0 Å². The van der Waals surface area contributed by atoms with E-state index in [-0.39, 0.29) is 18.0 Å². The molecule has 21 heavy (non-hydrogen) atoms. The Morgan fingerprint density at radius 1 is 1.48 bits per heavy atom. The Kier molecular flexibility index (Phi) is 6.22. The molecule has 0 aliphatic heterocycles. The second-order valence-corrected chi connectivity index (χ2v) is 8.23. The van der Waals surface area contributed by atoms with Crippen molar-refractivity contribution in [3.05, 3.63) is 20.8 Å². The fraction of sp³-hybridized carbons (Fsp3) is 0.667. The van der Waals surface area contributed by atoms with E-state index in [9.17, 15) is 4.79 Å². The van der Waals surface area contributed by atoms with Gasteiger partial charge in [0.05, 0.1) is 16.4 Å². The molecule has 0 spiro atoms. The number of carbonyl (C=O) groups excluding carboxylic acids is 1. The number of hydrogen-bond donors (Lipinski definition) is 2. The fourth-order valence-corrected chi connectivity index (χ4v) is 4.82. The Labute approximate surface area is 139 Å². The van der Waals surface area contributed by atoms with Crippen molar-refractivity contribution in [2.45, 2.75) is 57.2 Å². The second kappa shape index (κ2) is 7.72. The molecular weight excluding hydrogens is 350 g/mol. The van der Waals surface area contributed by atoms with Crippen molar-refractivity contribution in [3.8, 4) is 0 Å². The summed E-state index contributed by atoms with van der Waals surface area (Å²) in [6, 6.07) is 4.66. The maximum Gasteiger partial charge on any atom is 0.231 e. The van der Waals surface area contributed by atoms with E-state index in [0.29, 0.717) is 12.6 Å². The van der Waals surface area contributed by atoms with Crippen LogP contribution < -0.4 is 11.5 Å². The standard InChI is InChI=1S/C15H24BrN3OS/c1-2-11(17)15(12-7-8-13(16)21-12)19(9-14(18)20)10-5-3-4-6-10/h7-8,10-11,15H,2-6,9,17H2,1H3,(H2,18,20). The van der Waals surface area contributed by atoms with Gasteiger partial charge in [0, 0.05) is 17.0 Å². The lowest BCUT2D eigenvalue weighted by atomic mass is 10.00. The number of nitrogens with two attached hydrogens (primary N) is 2. The van der Waals surface area contributed by atoms with Crippen LogP contribution in [0.2, 0.25) is 0 Å². The molecular formula is C15H24BrN3OS. The predicted octanol–water partition coefficient (Wildman–Crippen LogP) is 3.02. The summed E-state index contributed by atoms with van der Waals surface area (Å²) < 4.78 is 1.09. The lowest BCUT2D eigenvalue weighted by Gasteiger charge is -2.38. The SMILES string of the molecule is CCC(N)C(c1ccc(Br)s1)N(CC(N)=O)C1CCCC1. The molecule has 1 amide bonds. The average molecular weight is 374 g/mol. The first kappa shape index (κ1) is 16.9. The number of hydrogen-bond acceptors (Lipinski definition) is 4. The third kappa shape index (κ3) is 4.28. The van der Waals surface area contributed by atoms with Gasteiger partial charge in [-0.3, -0.25) is 9.69 Å². The molecule has 1 saturated carbocycles. The van der Waals surface area contributed by atoms with Crippen molar-refractivity contribution in [2.75, 3.05) is 6.54 Å². The number of rotatable bonds is 7. The van der Waals surface area contributed by atoms with Crippen LogP contribution >= 0.6 is 27.3 Å². The summed E-state index contributed by atoms with van der Waals surface area (Å²) in [6.07, 6.45) is 5.59. The third-order valence-electron chi connectivity index (χ3n) is 4.25. The van der Waals surface area contributed by atoms with Crippen LogP contribution in [-0.4, -0.2) is 29.4 Å². The van der Waals surface area contributed by atoms with E-state index < -0.39 is 0 Å². The number of nitrogens with zero attached hydrogens (tertiary/aromatic N) is 1. The number of halogens is 1. The highest BCUT2D eigenvalue weighted by Crippen LogP contribution is 2.37. The van der Waals surface area contributed by atoms with Crippen molar-refractivity contribution >= 4 is 33.2 Å². The van der Waals surface area contributed by atoms with E-state index in [4.69, 9.17) is 11.5 Å². The second-order valence-electron chi connectivity index (χ2n) is 5.74. The largest absolute Gasteiger partial charge is 0.369 e. The van der Waals surface area contributed by atoms with Gasteiger partial charge in [0.2, 0.25) is 5.91 Å². The predicted molar refractivity (Wildman–Crippen MR) is 91.2 cm³/mol. The first-order valence-corrected chi connectivity index (χ1v) is 9.18. The van der Waals surface area contributed by atoms with Gasteiger partial charge in [0.15, 0.2) is 0 Å². The normalized spacial score (nSPS) is 19.0. The van der Waals surface area contributed by atoms with Crippen LogP contribution in [0.3, 0.4) is 0 Å². The van der Waals surface area contributed by atoms with E-state index in [0.717, 1.165) is 23.0 Å². The lowest BCUT2D eigenvalue weighted by Crippen LogP contribution is -2.48. The quantitative estimate of drug-likeness (QED) is 0.771. The molecule has 1 fully saturated rings. The van der Waals surface area contributed by atoms with Crippen LogP contribution in [0.15, 0.2) is 15.9 Å². The Hall–Kier alpha value is -0.430. The monoisotopic (exact) mass is 373 g/mol. The molecule has 2 atom stereocenters. The molecule has 4 nitrogen and oxygen atoms in total. The molecule has 0 aromatic carbocycles. The zero-order valence-electron chi connectivity index (χ0n) is 12.4. The molecule has 1 heterocycles. The summed E-state index contributed by atoms with van der Waals surface area (Å²) in [5.41, 5.74) is 11.9. The van der Waals surface area contributed by atoms with Crippen molar-refractivity contribution < 1.29 is 4.79 Å². The number of thiophene rings is 1. The maximum absolute atomic E-state index is 11.6. The van der Waals surface area contributed by atoms with E-state index >= 15 is 0 Å². The van der Waals surface area contributed by atoms with Crippen LogP contribution in [0, 0.1) is 0 Å². The van der Waals surface area contributed by atoms with Crippen molar-refractivity contribution in [1.82, 2.24) is 4.90 Å². The number of amides is 1. The van der Waals surface area contributed by atoms with Gasteiger partial charge in [0.1, 0.15) is 0 Å². The van der Waals surface area contributed by atoms with Crippen molar-refractivity contribution in [1.29, 1.82) is 0 Å². The molecule has 2 rings (SSSR count). The molecule has 118 valence electrons. The summed E-state index contributed by atoms with van der Waals surface area (Å²) in [6.45, 7) is 2.38. The number of primary amides is 1. The molecule has 0 saturated heterocycles. The summed E-state index contributed by atoms with van der Waals surface area (Å²) in [4.78, 5) is 15.0. The van der Waals surface area contributed by atoms with Gasteiger partial charge < -0.3 is 11.5 Å². The first-order valence-electron chi connectivity index (χ1n) is 7.57. The minimum atomic E-state index is -0.272. The van der Waals surface area contributed by atoms with E-state index in [2.05, 4.69) is 33.8 Å². The minimum Gasteiger partial charge on any atom is -0.369 e. The summed E-state index contributed by atoms with van der Waals surface area (Å²) >= 11 is 5.22. The fourth-order valence-electron chi connectivity index (χ4n) is 3.20.